The fourth-order valence-corrected chi connectivity index (χ4v) is 3.67. The van der Waals surface area contributed by atoms with Gasteiger partial charge in [-0.15, -0.1) is 0 Å². The molecule has 0 aliphatic rings. The van der Waals surface area contributed by atoms with Crippen LogP contribution < -0.4 is 5.43 Å². The summed E-state index contributed by atoms with van der Waals surface area (Å²) in [4.78, 5) is 11.9. The van der Waals surface area contributed by atoms with E-state index in [-0.39, 0.29) is 11.7 Å². The van der Waals surface area contributed by atoms with Crippen LogP contribution in [-0.4, -0.2) is 17.2 Å². The average molecular weight is 618 g/mol. The number of carbonyl (C=O) groups is 1. The molecule has 0 heterocycles. The normalized spacial score (nSPS) is 10.8. The number of phenols is 1. The third kappa shape index (κ3) is 4.77. The van der Waals surface area contributed by atoms with Crippen LogP contribution in [0, 0.1) is 10.7 Å². The number of carbonyl (C=O) groups excluding carboxylic acids is 1. The molecule has 7 heteroatoms. The monoisotopic (exact) mass is 618 g/mol. The largest absolute Gasteiger partial charge is 0.506 e. The first-order valence-electron chi connectivity index (χ1n) is 5.74. The van der Waals surface area contributed by atoms with Gasteiger partial charge >= 0.3 is 0 Å². The van der Waals surface area contributed by atoms with Crippen LogP contribution in [0.25, 0.3) is 0 Å². The van der Waals surface area contributed by atoms with E-state index in [1.807, 2.05) is 57.3 Å². The Morgan fingerprint density at radius 2 is 1.67 bits per heavy atom. The first-order valence-corrected chi connectivity index (χ1v) is 8.98. The van der Waals surface area contributed by atoms with Crippen molar-refractivity contribution in [1.82, 2.24) is 5.43 Å². The zero-order valence-corrected chi connectivity index (χ0v) is 17.0. The second-order valence-corrected chi connectivity index (χ2v) is 7.61. The molecule has 0 fully saturated rings. The molecule has 2 aromatic rings. The Bertz CT molecular complexity index is 677. The summed E-state index contributed by atoms with van der Waals surface area (Å²) in [7, 11) is 0. The molecule has 0 aromatic heterocycles. The van der Waals surface area contributed by atoms with Gasteiger partial charge in [0.05, 0.1) is 13.4 Å². The molecule has 21 heavy (non-hydrogen) atoms. The molecule has 0 spiro atoms. The molecule has 0 saturated heterocycles. The molecule has 0 unspecified atom stereocenters. The number of nitrogens with zero attached hydrogens (tertiary/aromatic N) is 1. The van der Waals surface area contributed by atoms with Gasteiger partial charge in [-0.3, -0.25) is 4.79 Å². The van der Waals surface area contributed by atoms with E-state index in [0.29, 0.717) is 5.56 Å². The van der Waals surface area contributed by atoms with Gasteiger partial charge in [0.25, 0.3) is 5.91 Å². The van der Waals surface area contributed by atoms with Crippen LogP contribution in [0.2, 0.25) is 0 Å². The Balaban J connectivity index is 2.05. The molecule has 108 valence electrons. The van der Waals surface area contributed by atoms with Crippen LogP contribution in [-0.2, 0) is 0 Å². The van der Waals surface area contributed by atoms with Gasteiger partial charge in [-0.1, -0.05) is 0 Å². The van der Waals surface area contributed by atoms with Crippen molar-refractivity contribution in [3.8, 4) is 5.75 Å². The van der Waals surface area contributed by atoms with Gasteiger partial charge in [0.1, 0.15) is 5.75 Å². The summed E-state index contributed by atoms with van der Waals surface area (Å²) < 4.78 is 2.55. The van der Waals surface area contributed by atoms with E-state index in [1.54, 1.807) is 30.5 Å². The van der Waals surface area contributed by atoms with Crippen LogP contribution in [0.3, 0.4) is 0 Å². The van der Waals surface area contributed by atoms with Crippen LogP contribution in [0.5, 0.6) is 5.75 Å². The van der Waals surface area contributed by atoms with Crippen LogP contribution >= 0.6 is 67.8 Å². The van der Waals surface area contributed by atoms with Crippen LogP contribution in [0.1, 0.15) is 15.9 Å². The topological polar surface area (TPSA) is 61.7 Å². The lowest BCUT2D eigenvalue weighted by Gasteiger charge is -2.02. The van der Waals surface area contributed by atoms with Crippen LogP contribution in [0.4, 0.5) is 0 Å². The maximum absolute atomic E-state index is 11.9. The van der Waals surface area contributed by atoms with Gasteiger partial charge in [0.2, 0.25) is 0 Å². The molecule has 1 amide bonds. The molecule has 2 N–H and O–H groups in total. The van der Waals surface area contributed by atoms with E-state index < -0.39 is 0 Å². The maximum atomic E-state index is 11.9. The van der Waals surface area contributed by atoms with Crippen molar-refractivity contribution >= 4 is 79.9 Å². The number of phenolic OH excluding ortho intramolecular Hbond substituents is 1. The highest BCUT2D eigenvalue weighted by Crippen LogP contribution is 2.26. The first-order chi connectivity index (χ1) is 9.97. The molecule has 0 atom stereocenters. The van der Waals surface area contributed by atoms with Crippen molar-refractivity contribution in [2.24, 2.45) is 5.10 Å². The summed E-state index contributed by atoms with van der Waals surface area (Å²) >= 11 is 6.28. The van der Waals surface area contributed by atoms with Crippen molar-refractivity contribution in [3.05, 3.63) is 58.2 Å². The Morgan fingerprint density at radius 3 is 2.24 bits per heavy atom. The predicted molar refractivity (Wildman–Crippen MR) is 108 cm³/mol. The van der Waals surface area contributed by atoms with Gasteiger partial charge in [-0.05, 0) is 110 Å². The van der Waals surface area contributed by atoms with Gasteiger partial charge in [0, 0.05) is 9.13 Å². The third-order valence-corrected chi connectivity index (χ3v) is 4.89. The highest BCUT2D eigenvalue weighted by Gasteiger charge is 2.05. The van der Waals surface area contributed by atoms with Crippen molar-refractivity contribution in [2.45, 2.75) is 0 Å². The molecular weight excluding hydrogens is 609 g/mol. The van der Waals surface area contributed by atoms with Gasteiger partial charge in [-0.2, -0.15) is 5.10 Å². The smallest absolute Gasteiger partial charge is 0.271 e. The van der Waals surface area contributed by atoms with E-state index in [1.165, 1.54) is 0 Å². The molecule has 0 bridgehead atoms. The Labute approximate surface area is 162 Å². The van der Waals surface area contributed by atoms with Crippen LogP contribution in [0.15, 0.2) is 41.5 Å². The molecule has 0 aliphatic heterocycles. The summed E-state index contributed by atoms with van der Waals surface area (Å²) in [5, 5.41) is 13.6. The molecule has 2 rings (SSSR count). The SMILES string of the molecule is O=C(N/N=C\c1cc(I)c(O)c(I)c1)c1ccc(I)cc1. The lowest BCUT2D eigenvalue weighted by Crippen LogP contribution is -2.17. The van der Waals surface area contributed by atoms with Crippen molar-refractivity contribution < 1.29 is 9.90 Å². The zero-order chi connectivity index (χ0) is 15.4. The minimum absolute atomic E-state index is 0.258. The third-order valence-electron chi connectivity index (χ3n) is 2.53. The molecular formula is C14H9I3N2O2. The summed E-state index contributed by atoms with van der Waals surface area (Å²) in [5.74, 6) is 0.00194. The molecule has 0 saturated carbocycles. The van der Waals surface area contributed by atoms with E-state index in [9.17, 15) is 9.90 Å². The van der Waals surface area contributed by atoms with Crippen molar-refractivity contribution in [1.29, 1.82) is 0 Å². The fourth-order valence-electron chi connectivity index (χ4n) is 1.49. The van der Waals surface area contributed by atoms with E-state index in [2.05, 4.69) is 33.1 Å². The summed E-state index contributed by atoms with van der Waals surface area (Å²) in [6.07, 6.45) is 1.55. The quantitative estimate of drug-likeness (QED) is 0.311. The highest BCUT2D eigenvalue weighted by molar-refractivity contribution is 14.1. The molecule has 2 aromatic carbocycles. The van der Waals surface area contributed by atoms with E-state index in [4.69, 9.17) is 0 Å². The van der Waals surface area contributed by atoms with Crippen molar-refractivity contribution in [3.63, 3.8) is 0 Å². The summed E-state index contributed by atoms with van der Waals surface area (Å²) in [5.41, 5.74) is 3.85. The minimum Gasteiger partial charge on any atom is -0.506 e. The molecule has 4 nitrogen and oxygen atoms in total. The lowest BCUT2D eigenvalue weighted by molar-refractivity contribution is 0.0955. The Morgan fingerprint density at radius 1 is 1.10 bits per heavy atom. The number of benzene rings is 2. The number of nitrogens with one attached hydrogen (secondary N) is 1. The Kier molecular flexibility index (Phi) is 6.22. The fraction of sp³-hybridized carbons (Fsp3) is 0. The van der Waals surface area contributed by atoms with E-state index in [0.717, 1.165) is 16.3 Å². The summed E-state index contributed by atoms with van der Waals surface area (Å²) in [6.45, 7) is 0. The molecule has 0 aliphatic carbocycles. The predicted octanol–water partition coefficient (Wildman–Crippen LogP) is 3.97. The van der Waals surface area contributed by atoms with Gasteiger partial charge < -0.3 is 5.11 Å². The number of hydrogen-bond donors (Lipinski definition) is 2. The maximum Gasteiger partial charge on any atom is 0.271 e. The number of rotatable bonds is 3. The first kappa shape index (κ1) is 16.9. The number of aromatic hydroxyl groups is 1. The number of halogens is 3. The second kappa shape index (κ2) is 7.72. The van der Waals surface area contributed by atoms with Gasteiger partial charge in [0.15, 0.2) is 0 Å². The zero-order valence-electron chi connectivity index (χ0n) is 10.5. The standard InChI is InChI=1S/C14H9I3N2O2/c15-10-3-1-9(2-4-10)14(21)19-18-7-8-5-11(16)13(20)12(17)6-8/h1-7,20H,(H,19,21)/b18-7-. The van der Waals surface area contributed by atoms with Gasteiger partial charge in [-0.25, -0.2) is 5.43 Å². The minimum atomic E-state index is -0.258. The number of hydrogen-bond acceptors (Lipinski definition) is 3. The Hall–Kier alpha value is -0.430. The second-order valence-electron chi connectivity index (χ2n) is 4.04. The van der Waals surface area contributed by atoms with Crippen molar-refractivity contribution in [2.75, 3.05) is 0 Å². The summed E-state index contributed by atoms with van der Waals surface area (Å²) in [6, 6.07) is 10.8. The number of amides is 1. The average Bonchev–Trinajstić information content (AvgIpc) is 2.45. The highest BCUT2D eigenvalue weighted by atomic mass is 127. The lowest BCUT2D eigenvalue weighted by atomic mass is 10.2. The number of hydrazone groups is 1. The molecule has 0 radical (unpaired) electrons. The van der Waals surface area contributed by atoms with E-state index >= 15 is 0 Å².